The highest BCUT2D eigenvalue weighted by molar-refractivity contribution is 6.22. The van der Waals surface area contributed by atoms with E-state index in [4.69, 9.17) is 4.74 Å². The number of carbonyl (C=O) groups excluding carboxylic acids is 3. The topological polar surface area (TPSA) is 75.7 Å². The van der Waals surface area contributed by atoms with E-state index in [1.807, 2.05) is 30.3 Å². The Balaban J connectivity index is 1.63. The van der Waals surface area contributed by atoms with Gasteiger partial charge in [0.25, 0.3) is 17.7 Å². The molecule has 6 heteroatoms. The van der Waals surface area contributed by atoms with Crippen LogP contribution in [0, 0.1) is 0 Å². The van der Waals surface area contributed by atoms with E-state index in [9.17, 15) is 14.4 Å². The third-order valence-corrected chi connectivity index (χ3v) is 4.76. The van der Waals surface area contributed by atoms with E-state index in [0.717, 1.165) is 18.4 Å². The molecular formula is C22H24N2O4. The first-order valence-electron chi connectivity index (χ1n) is 9.43. The lowest BCUT2D eigenvalue weighted by molar-refractivity contribution is 0.0656. The first kappa shape index (κ1) is 19.8. The number of hydrogen-bond acceptors (Lipinski definition) is 4. The number of nitrogens with one attached hydrogen (secondary N) is 1. The van der Waals surface area contributed by atoms with Gasteiger partial charge in [0, 0.05) is 32.4 Å². The Kier molecular flexibility index (Phi) is 6.55. The second-order valence-electron chi connectivity index (χ2n) is 6.71. The lowest BCUT2D eigenvalue weighted by atomic mass is 10.1. The molecule has 0 spiro atoms. The van der Waals surface area contributed by atoms with E-state index >= 15 is 0 Å². The van der Waals surface area contributed by atoms with Crippen molar-refractivity contribution in [3.05, 3.63) is 70.8 Å². The summed E-state index contributed by atoms with van der Waals surface area (Å²) < 4.78 is 4.98. The van der Waals surface area contributed by atoms with Crippen LogP contribution in [0.5, 0.6) is 0 Å². The molecule has 3 rings (SSSR count). The SMILES string of the molecule is COCCCCNC(=O)c1ccc2c(c1)C(=O)N(CCc1ccccc1)C2=O. The van der Waals surface area contributed by atoms with Crippen LogP contribution in [0.3, 0.4) is 0 Å². The Morgan fingerprint density at radius 2 is 1.75 bits per heavy atom. The number of methoxy groups -OCH3 is 1. The number of hydrogen-bond donors (Lipinski definition) is 1. The van der Waals surface area contributed by atoms with E-state index in [0.29, 0.717) is 42.8 Å². The summed E-state index contributed by atoms with van der Waals surface area (Å²) >= 11 is 0. The maximum Gasteiger partial charge on any atom is 0.261 e. The summed E-state index contributed by atoms with van der Waals surface area (Å²) in [6.45, 7) is 1.51. The van der Waals surface area contributed by atoms with E-state index < -0.39 is 0 Å². The summed E-state index contributed by atoms with van der Waals surface area (Å²) in [5.41, 5.74) is 2.10. The number of amides is 3. The summed E-state index contributed by atoms with van der Waals surface area (Å²) in [7, 11) is 1.64. The molecule has 3 amide bonds. The molecule has 0 unspecified atom stereocenters. The highest BCUT2D eigenvalue weighted by Gasteiger charge is 2.35. The lowest BCUT2D eigenvalue weighted by Crippen LogP contribution is -2.31. The maximum absolute atomic E-state index is 12.7. The number of nitrogens with zero attached hydrogens (tertiary/aromatic N) is 1. The van der Waals surface area contributed by atoms with E-state index in [1.165, 1.54) is 11.0 Å². The Hall–Kier alpha value is -2.99. The van der Waals surface area contributed by atoms with Gasteiger partial charge in [-0.15, -0.1) is 0 Å². The maximum atomic E-state index is 12.7. The predicted octanol–water partition coefficient (Wildman–Crippen LogP) is 2.68. The summed E-state index contributed by atoms with van der Waals surface area (Å²) in [6.07, 6.45) is 2.28. The van der Waals surface area contributed by atoms with Gasteiger partial charge in [-0.3, -0.25) is 19.3 Å². The Labute approximate surface area is 164 Å². The molecule has 1 aliphatic rings. The number of imide groups is 1. The fourth-order valence-electron chi connectivity index (χ4n) is 3.20. The van der Waals surface area contributed by atoms with Crippen LogP contribution in [-0.2, 0) is 11.2 Å². The lowest BCUT2D eigenvalue weighted by Gasteiger charge is -2.13. The van der Waals surface area contributed by atoms with Crippen LogP contribution in [0.2, 0.25) is 0 Å². The minimum Gasteiger partial charge on any atom is -0.385 e. The van der Waals surface area contributed by atoms with Gasteiger partial charge in [0.15, 0.2) is 0 Å². The molecule has 0 radical (unpaired) electrons. The molecule has 0 saturated carbocycles. The van der Waals surface area contributed by atoms with Gasteiger partial charge in [-0.2, -0.15) is 0 Å². The first-order valence-corrected chi connectivity index (χ1v) is 9.43. The minimum atomic E-state index is -0.342. The molecule has 28 heavy (non-hydrogen) atoms. The fourth-order valence-corrected chi connectivity index (χ4v) is 3.20. The van der Waals surface area contributed by atoms with E-state index in [1.54, 1.807) is 19.2 Å². The molecule has 2 aromatic rings. The van der Waals surface area contributed by atoms with Crippen LogP contribution in [0.4, 0.5) is 0 Å². The molecule has 146 valence electrons. The molecule has 0 bridgehead atoms. The van der Waals surface area contributed by atoms with Crippen molar-refractivity contribution >= 4 is 17.7 Å². The number of unbranched alkanes of at least 4 members (excludes halogenated alkanes) is 1. The third kappa shape index (κ3) is 4.46. The average Bonchev–Trinajstić information content (AvgIpc) is 2.96. The van der Waals surface area contributed by atoms with Crippen LogP contribution in [0.15, 0.2) is 48.5 Å². The fraction of sp³-hybridized carbons (Fsp3) is 0.318. The summed E-state index contributed by atoms with van der Waals surface area (Å²) in [5, 5.41) is 2.83. The number of ether oxygens (including phenoxy) is 1. The smallest absolute Gasteiger partial charge is 0.261 e. The molecule has 1 heterocycles. The van der Waals surface area contributed by atoms with E-state index in [-0.39, 0.29) is 17.7 Å². The highest BCUT2D eigenvalue weighted by Crippen LogP contribution is 2.24. The van der Waals surface area contributed by atoms with Gasteiger partial charge in [-0.25, -0.2) is 0 Å². The highest BCUT2D eigenvalue weighted by atomic mass is 16.5. The quantitative estimate of drug-likeness (QED) is 0.536. The first-order chi connectivity index (χ1) is 13.6. The summed E-state index contributed by atoms with van der Waals surface area (Å²) in [6, 6.07) is 14.4. The minimum absolute atomic E-state index is 0.247. The molecule has 0 aliphatic carbocycles. The van der Waals surface area contributed by atoms with Gasteiger partial charge in [0.05, 0.1) is 11.1 Å². The van der Waals surface area contributed by atoms with Crippen molar-refractivity contribution < 1.29 is 19.1 Å². The number of carbonyl (C=O) groups is 3. The van der Waals surface area contributed by atoms with Crippen molar-refractivity contribution in [2.24, 2.45) is 0 Å². The van der Waals surface area contributed by atoms with Gasteiger partial charge in [-0.05, 0) is 43.0 Å². The zero-order valence-electron chi connectivity index (χ0n) is 15.9. The molecule has 6 nitrogen and oxygen atoms in total. The normalized spacial score (nSPS) is 13.0. The van der Waals surface area contributed by atoms with Gasteiger partial charge < -0.3 is 10.1 Å². The predicted molar refractivity (Wildman–Crippen MR) is 105 cm³/mol. The molecule has 2 aromatic carbocycles. The monoisotopic (exact) mass is 380 g/mol. The van der Waals surface area contributed by atoms with Crippen molar-refractivity contribution in [2.75, 3.05) is 26.8 Å². The molecule has 1 N–H and O–H groups in total. The summed E-state index contributed by atoms with van der Waals surface area (Å²) in [4.78, 5) is 38.8. The van der Waals surface area contributed by atoms with Crippen molar-refractivity contribution in [2.45, 2.75) is 19.3 Å². The molecule has 0 atom stereocenters. The van der Waals surface area contributed by atoms with Crippen molar-refractivity contribution in [3.8, 4) is 0 Å². The average molecular weight is 380 g/mol. The molecule has 1 aliphatic heterocycles. The van der Waals surface area contributed by atoms with Gasteiger partial charge in [0.1, 0.15) is 0 Å². The van der Waals surface area contributed by atoms with Crippen molar-refractivity contribution in [1.82, 2.24) is 10.2 Å². The Morgan fingerprint density at radius 3 is 2.50 bits per heavy atom. The van der Waals surface area contributed by atoms with Crippen LogP contribution in [-0.4, -0.2) is 49.4 Å². The molecule has 0 fully saturated rings. The van der Waals surface area contributed by atoms with Crippen molar-refractivity contribution in [3.63, 3.8) is 0 Å². The van der Waals surface area contributed by atoms with Crippen LogP contribution < -0.4 is 5.32 Å². The zero-order valence-corrected chi connectivity index (χ0v) is 15.9. The molecular weight excluding hydrogens is 356 g/mol. The van der Waals surface area contributed by atoms with Crippen molar-refractivity contribution in [1.29, 1.82) is 0 Å². The Bertz CT molecular complexity index is 864. The Morgan fingerprint density at radius 1 is 1.00 bits per heavy atom. The summed E-state index contributed by atoms with van der Waals surface area (Å²) in [5.74, 6) is -0.892. The number of rotatable bonds is 9. The van der Waals surface area contributed by atoms with Crippen LogP contribution >= 0.6 is 0 Å². The second-order valence-corrected chi connectivity index (χ2v) is 6.71. The van der Waals surface area contributed by atoms with Crippen LogP contribution in [0.25, 0.3) is 0 Å². The van der Waals surface area contributed by atoms with Gasteiger partial charge in [-0.1, -0.05) is 30.3 Å². The molecule has 0 aromatic heterocycles. The third-order valence-electron chi connectivity index (χ3n) is 4.76. The molecule has 0 saturated heterocycles. The van der Waals surface area contributed by atoms with Gasteiger partial charge in [0.2, 0.25) is 0 Å². The number of fused-ring (bicyclic) bond motifs is 1. The zero-order chi connectivity index (χ0) is 19.9. The second kappa shape index (κ2) is 9.28. The largest absolute Gasteiger partial charge is 0.385 e. The van der Waals surface area contributed by atoms with Crippen LogP contribution in [0.1, 0.15) is 49.5 Å². The standard InChI is InChI=1S/C22H24N2O4/c1-28-14-6-5-12-23-20(25)17-9-10-18-19(15-17)22(27)24(21(18)26)13-11-16-7-3-2-4-8-16/h2-4,7-10,15H,5-6,11-14H2,1H3,(H,23,25). The van der Waals surface area contributed by atoms with E-state index in [2.05, 4.69) is 5.32 Å². The number of benzene rings is 2. The van der Waals surface area contributed by atoms with Gasteiger partial charge >= 0.3 is 0 Å².